The topological polar surface area (TPSA) is 58.4 Å². The molecule has 0 spiro atoms. The Morgan fingerprint density at radius 3 is 2.38 bits per heavy atom. The molecule has 3 N–H and O–H groups in total. The summed E-state index contributed by atoms with van der Waals surface area (Å²) < 4.78 is 0. The number of nitrogens with two attached hydrogens (primary N) is 1. The molecule has 1 rings (SSSR count). The molecule has 1 aromatic rings. The van der Waals surface area contributed by atoms with E-state index in [0.717, 1.165) is 24.2 Å². The second kappa shape index (κ2) is 7.52. The Kier molecular flexibility index (Phi) is 6.30. The van der Waals surface area contributed by atoms with Gasteiger partial charge in [-0.2, -0.15) is 0 Å². The normalized spacial score (nSPS) is 11.5. The van der Waals surface area contributed by atoms with Crippen LogP contribution in [0, 0.1) is 0 Å². The molecule has 0 saturated heterocycles. The van der Waals surface area contributed by atoms with E-state index in [4.69, 9.17) is 18.0 Å². The highest BCUT2D eigenvalue weighted by Crippen LogP contribution is 2.16. The lowest BCUT2D eigenvalue weighted by molar-refractivity contribution is -0.116. The predicted molar refractivity (Wildman–Crippen MR) is 92.6 cm³/mol. The zero-order chi connectivity index (χ0) is 16.0. The summed E-state index contributed by atoms with van der Waals surface area (Å²) in [6.45, 7) is 7.25. The van der Waals surface area contributed by atoms with Gasteiger partial charge in [0.15, 0.2) is 0 Å². The Morgan fingerprint density at radius 2 is 1.90 bits per heavy atom. The van der Waals surface area contributed by atoms with Crippen LogP contribution in [0.15, 0.2) is 24.3 Å². The number of thiocarbonyl (C=S) groups is 1. The second-order valence-corrected chi connectivity index (χ2v) is 6.27. The van der Waals surface area contributed by atoms with Crippen LogP contribution in [0.1, 0.15) is 39.2 Å². The molecule has 21 heavy (non-hydrogen) atoms. The monoisotopic (exact) mass is 307 g/mol. The van der Waals surface area contributed by atoms with E-state index >= 15 is 0 Å². The molecule has 0 saturated carbocycles. The molecule has 0 aliphatic heterocycles. The van der Waals surface area contributed by atoms with E-state index in [1.807, 2.05) is 31.3 Å². The number of carbonyl (C=O) groups excluding carboxylic acids is 1. The van der Waals surface area contributed by atoms with Crippen LogP contribution in [0.5, 0.6) is 0 Å². The summed E-state index contributed by atoms with van der Waals surface area (Å²) in [5, 5.41) is 2.88. The van der Waals surface area contributed by atoms with Gasteiger partial charge in [0.25, 0.3) is 0 Å². The van der Waals surface area contributed by atoms with Gasteiger partial charge in [0, 0.05) is 29.8 Å². The number of hydrogen-bond acceptors (Lipinski definition) is 3. The van der Waals surface area contributed by atoms with Gasteiger partial charge in [-0.1, -0.05) is 19.1 Å². The lowest BCUT2D eigenvalue weighted by atomic mass is 10.00. The van der Waals surface area contributed by atoms with Gasteiger partial charge in [-0.25, -0.2) is 0 Å². The van der Waals surface area contributed by atoms with Crippen molar-refractivity contribution >= 4 is 28.8 Å². The third-order valence-electron chi connectivity index (χ3n) is 4.03. The third kappa shape index (κ3) is 5.44. The molecule has 0 aliphatic carbocycles. The van der Waals surface area contributed by atoms with Gasteiger partial charge in [-0.05, 0) is 51.6 Å². The van der Waals surface area contributed by atoms with Gasteiger partial charge in [-0.3, -0.25) is 4.79 Å². The summed E-state index contributed by atoms with van der Waals surface area (Å²) in [5.74, 6) is 0.0110. The van der Waals surface area contributed by atoms with E-state index in [1.54, 1.807) is 0 Å². The molecule has 0 unspecified atom stereocenters. The molecule has 1 amide bonds. The van der Waals surface area contributed by atoms with Crippen molar-refractivity contribution in [3.05, 3.63) is 29.8 Å². The van der Waals surface area contributed by atoms with Crippen LogP contribution < -0.4 is 11.1 Å². The number of amides is 1. The number of nitrogens with zero attached hydrogens (tertiary/aromatic N) is 1. The van der Waals surface area contributed by atoms with E-state index in [2.05, 4.69) is 31.0 Å². The molecule has 0 fully saturated rings. The van der Waals surface area contributed by atoms with Crippen LogP contribution >= 0.6 is 12.2 Å². The minimum atomic E-state index is 0.0110. The molecule has 0 radical (unpaired) electrons. The molecular weight excluding hydrogens is 282 g/mol. The van der Waals surface area contributed by atoms with Crippen molar-refractivity contribution in [3.8, 4) is 0 Å². The first-order valence-corrected chi connectivity index (χ1v) is 7.58. The second-order valence-electron chi connectivity index (χ2n) is 5.83. The number of benzene rings is 1. The Bertz CT molecular complexity index is 497. The van der Waals surface area contributed by atoms with Crippen molar-refractivity contribution in [2.45, 2.75) is 39.2 Å². The molecule has 5 heteroatoms. The molecular formula is C16H25N3OS. The number of hydrogen-bond donors (Lipinski definition) is 2. The van der Waals surface area contributed by atoms with Gasteiger partial charge < -0.3 is 16.0 Å². The number of rotatable bonds is 7. The van der Waals surface area contributed by atoms with Gasteiger partial charge in [0.1, 0.15) is 4.99 Å². The van der Waals surface area contributed by atoms with Crippen LogP contribution in [-0.2, 0) is 4.79 Å². The van der Waals surface area contributed by atoms with Crippen molar-refractivity contribution < 1.29 is 4.79 Å². The van der Waals surface area contributed by atoms with Crippen molar-refractivity contribution in [2.24, 2.45) is 5.73 Å². The van der Waals surface area contributed by atoms with Crippen LogP contribution in [0.4, 0.5) is 5.69 Å². The van der Waals surface area contributed by atoms with E-state index in [1.165, 1.54) is 0 Å². The molecule has 0 atom stereocenters. The highest BCUT2D eigenvalue weighted by molar-refractivity contribution is 7.80. The standard InChI is InChI=1S/C16H25N3OS/c1-5-16(2,3)19(4)11-10-14(20)18-13-8-6-12(7-9-13)15(17)21/h6-9H,5,10-11H2,1-4H3,(H2,17,21)(H,18,20). The highest BCUT2D eigenvalue weighted by atomic mass is 32.1. The maximum atomic E-state index is 12.0. The molecule has 0 bridgehead atoms. The number of anilines is 1. The van der Waals surface area contributed by atoms with E-state index in [-0.39, 0.29) is 11.4 Å². The average Bonchev–Trinajstić information content (AvgIpc) is 2.45. The van der Waals surface area contributed by atoms with E-state index in [0.29, 0.717) is 11.4 Å². The van der Waals surface area contributed by atoms with Crippen molar-refractivity contribution in [1.29, 1.82) is 0 Å². The largest absolute Gasteiger partial charge is 0.389 e. The lowest BCUT2D eigenvalue weighted by Gasteiger charge is -2.34. The smallest absolute Gasteiger partial charge is 0.225 e. The third-order valence-corrected chi connectivity index (χ3v) is 4.26. The summed E-state index contributed by atoms with van der Waals surface area (Å²) in [6.07, 6.45) is 1.52. The van der Waals surface area contributed by atoms with E-state index in [9.17, 15) is 4.79 Å². The summed E-state index contributed by atoms with van der Waals surface area (Å²) >= 11 is 4.89. The first-order valence-electron chi connectivity index (χ1n) is 7.17. The van der Waals surface area contributed by atoms with Gasteiger partial charge >= 0.3 is 0 Å². The Hall–Kier alpha value is -1.46. The van der Waals surface area contributed by atoms with Gasteiger partial charge in [-0.15, -0.1) is 0 Å². The minimum absolute atomic E-state index is 0.0110. The quantitative estimate of drug-likeness (QED) is 0.761. The molecule has 0 heterocycles. The van der Waals surface area contributed by atoms with E-state index < -0.39 is 0 Å². The van der Waals surface area contributed by atoms with Gasteiger partial charge in [0.2, 0.25) is 5.91 Å². The fourth-order valence-electron chi connectivity index (χ4n) is 1.78. The molecule has 0 aromatic heterocycles. The Balaban J connectivity index is 2.49. The maximum absolute atomic E-state index is 12.0. The lowest BCUT2D eigenvalue weighted by Crippen LogP contribution is -2.41. The zero-order valence-corrected chi connectivity index (χ0v) is 14.1. The average molecular weight is 307 g/mol. The Labute approximate surface area is 132 Å². The summed E-state index contributed by atoms with van der Waals surface area (Å²) in [7, 11) is 2.05. The summed E-state index contributed by atoms with van der Waals surface area (Å²) in [5.41, 5.74) is 7.21. The van der Waals surface area contributed by atoms with Crippen molar-refractivity contribution in [2.75, 3.05) is 18.9 Å². The molecule has 0 aliphatic rings. The van der Waals surface area contributed by atoms with Crippen LogP contribution in [0.3, 0.4) is 0 Å². The summed E-state index contributed by atoms with van der Waals surface area (Å²) in [4.78, 5) is 14.5. The van der Waals surface area contributed by atoms with Crippen molar-refractivity contribution in [3.63, 3.8) is 0 Å². The first-order chi connectivity index (χ1) is 9.76. The van der Waals surface area contributed by atoms with Crippen LogP contribution in [0.2, 0.25) is 0 Å². The Morgan fingerprint density at radius 1 is 1.33 bits per heavy atom. The first kappa shape index (κ1) is 17.6. The number of carbonyl (C=O) groups is 1. The molecule has 116 valence electrons. The van der Waals surface area contributed by atoms with Crippen molar-refractivity contribution in [1.82, 2.24) is 4.90 Å². The fraction of sp³-hybridized carbons (Fsp3) is 0.500. The molecule has 1 aromatic carbocycles. The minimum Gasteiger partial charge on any atom is -0.389 e. The number of nitrogens with one attached hydrogen (secondary N) is 1. The SMILES string of the molecule is CCC(C)(C)N(C)CCC(=O)Nc1ccc(C(N)=S)cc1. The zero-order valence-electron chi connectivity index (χ0n) is 13.3. The van der Waals surface area contributed by atoms with Crippen LogP contribution in [-0.4, -0.2) is 34.9 Å². The highest BCUT2D eigenvalue weighted by Gasteiger charge is 2.21. The summed E-state index contributed by atoms with van der Waals surface area (Å²) in [6, 6.07) is 7.24. The van der Waals surface area contributed by atoms with Gasteiger partial charge in [0.05, 0.1) is 0 Å². The predicted octanol–water partition coefficient (Wildman–Crippen LogP) is 2.77. The van der Waals surface area contributed by atoms with Crippen LogP contribution in [0.25, 0.3) is 0 Å². The fourth-order valence-corrected chi connectivity index (χ4v) is 1.92. The molecule has 4 nitrogen and oxygen atoms in total. The maximum Gasteiger partial charge on any atom is 0.225 e.